The molecule has 2 saturated heterocycles. The van der Waals surface area contributed by atoms with Gasteiger partial charge in [0.15, 0.2) is 0 Å². The molecule has 0 atom stereocenters. The molecule has 2 aliphatic rings. The van der Waals surface area contributed by atoms with E-state index < -0.39 is 0 Å². The summed E-state index contributed by atoms with van der Waals surface area (Å²) in [7, 11) is 0. The third-order valence-electron chi connectivity index (χ3n) is 5.48. The van der Waals surface area contributed by atoms with E-state index in [0.717, 1.165) is 82.6 Å². The molecule has 2 aromatic rings. The molecule has 0 spiro atoms. The molecule has 3 heterocycles. The number of nitrogens with one attached hydrogen (secondary N) is 1. The Balaban J connectivity index is 1.78. The molecule has 2 aliphatic heterocycles. The van der Waals surface area contributed by atoms with Gasteiger partial charge in [-0.3, -0.25) is 4.90 Å². The average Bonchev–Trinajstić information content (AvgIpc) is 3.08. The largest absolute Gasteiger partial charge is 0.378 e. The highest BCUT2D eigenvalue weighted by Gasteiger charge is 2.26. The highest BCUT2D eigenvalue weighted by atomic mass is 35.5. The number of piperazine rings is 1. The maximum atomic E-state index is 6.31. The fourth-order valence-electron chi connectivity index (χ4n) is 4.07. The fraction of sp³-hybridized carbons (Fsp3) is 0.571. The number of morpholine rings is 1. The summed E-state index contributed by atoms with van der Waals surface area (Å²) in [6.45, 7) is 10.8. The van der Waals surface area contributed by atoms with Crippen LogP contribution in [-0.4, -0.2) is 67.2 Å². The maximum Gasteiger partial charge on any atom is 0.137 e. The first-order chi connectivity index (χ1) is 13.8. The van der Waals surface area contributed by atoms with E-state index in [9.17, 15) is 0 Å². The van der Waals surface area contributed by atoms with Gasteiger partial charge in [-0.25, -0.2) is 4.68 Å². The summed E-state index contributed by atoms with van der Waals surface area (Å²) in [5.41, 5.74) is 3.60. The van der Waals surface area contributed by atoms with Crippen molar-refractivity contribution in [1.82, 2.24) is 20.0 Å². The van der Waals surface area contributed by atoms with Crippen molar-refractivity contribution in [2.24, 2.45) is 0 Å². The maximum absolute atomic E-state index is 6.31. The summed E-state index contributed by atoms with van der Waals surface area (Å²) in [4.78, 5) is 4.98. The molecule has 1 aromatic heterocycles. The number of ether oxygens (including phenoxy) is 1. The third-order valence-corrected chi connectivity index (χ3v) is 5.72. The Hall–Kier alpha value is -1.60. The molecule has 1 N–H and O–H groups in total. The van der Waals surface area contributed by atoms with Crippen molar-refractivity contribution in [3.8, 4) is 5.69 Å². The number of halogens is 1. The SMILES string of the molecule is CCCc1nn(-c2cccc(Cl)c2)c(N2CCOCC2)c1CN1CCNCC1. The van der Waals surface area contributed by atoms with Crippen LogP contribution in [0.1, 0.15) is 24.6 Å². The Morgan fingerprint density at radius 3 is 2.64 bits per heavy atom. The summed E-state index contributed by atoms with van der Waals surface area (Å²) >= 11 is 6.31. The van der Waals surface area contributed by atoms with Gasteiger partial charge in [0, 0.05) is 56.4 Å². The summed E-state index contributed by atoms with van der Waals surface area (Å²) in [5.74, 6) is 1.22. The van der Waals surface area contributed by atoms with E-state index in [1.807, 2.05) is 18.2 Å². The summed E-state index contributed by atoms with van der Waals surface area (Å²) in [6, 6.07) is 8.01. The Labute approximate surface area is 172 Å². The van der Waals surface area contributed by atoms with E-state index in [-0.39, 0.29) is 0 Å². The van der Waals surface area contributed by atoms with Crippen LogP contribution in [0.15, 0.2) is 24.3 Å². The van der Waals surface area contributed by atoms with Gasteiger partial charge in [0.25, 0.3) is 0 Å². The van der Waals surface area contributed by atoms with Crippen LogP contribution in [0.5, 0.6) is 0 Å². The zero-order valence-electron chi connectivity index (χ0n) is 16.7. The van der Waals surface area contributed by atoms with E-state index in [0.29, 0.717) is 0 Å². The molecule has 7 heteroatoms. The second kappa shape index (κ2) is 9.27. The molecule has 0 radical (unpaired) electrons. The first-order valence-electron chi connectivity index (χ1n) is 10.4. The fourth-order valence-corrected chi connectivity index (χ4v) is 4.25. The van der Waals surface area contributed by atoms with Crippen molar-refractivity contribution in [2.45, 2.75) is 26.3 Å². The van der Waals surface area contributed by atoms with Crippen LogP contribution in [0.3, 0.4) is 0 Å². The van der Waals surface area contributed by atoms with Gasteiger partial charge in [0.05, 0.1) is 24.6 Å². The van der Waals surface area contributed by atoms with Gasteiger partial charge in [0.2, 0.25) is 0 Å². The number of hydrogen-bond donors (Lipinski definition) is 1. The minimum Gasteiger partial charge on any atom is -0.378 e. The van der Waals surface area contributed by atoms with Gasteiger partial charge in [-0.05, 0) is 24.6 Å². The van der Waals surface area contributed by atoms with Crippen LogP contribution in [0, 0.1) is 0 Å². The van der Waals surface area contributed by atoms with Crippen molar-refractivity contribution in [3.05, 3.63) is 40.5 Å². The zero-order valence-corrected chi connectivity index (χ0v) is 17.4. The van der Waals surface area contributed by atoms with Gasteiger partial charge in [-0.1, -0.05) is 31.0 Å². The molecule has 0 saturated carbocycles. The van der Waals surface area contributed by atoms with Crippen molar-refractivity contribution >= 4 is 17.4 Å². The third kappa shape index (κ3) is 4.35. The molecule has 1 aromatic carbocycles. The van der Waals surface area contributed by atoms with Crippen LogP contribution in [0.25, 0.3) is 5.69 Å². The van der Waals surface area contributed by atoms with Gasteiger partial charge < -0.3 is 15.0 Å². The lowest BCUT2D eigenvalue weighted by Gasteiger charge is -2.32. The number of rotatable bonds is 6. The van der Waals surface area contributed by atoms with Gasteiger partial charge >= 0.3 is 0 Å². The van der Waals surface area contributed by atoms with Gasteiger partial charge in [0.1, 0.15) is 5.82 Å². The van der Waals surface area contributed by atoms with E-state index in [4.69, 9.17) is 21.4 Å². The van der Waals surface area contributed by atoms with Crippen molar-refractivity contribution in [2.75, 3.05) is 57.4 Å². The minimum atomic E-state index is 0.738. The van der Waals surface area contributed by atoms with Crippen LogP contribution < -0.4 is 10.2 Å². The van der Waals surface area contributed by atoms with Gasteiger partial charge in [-0.2, -0.15) is 5.10 Å². The monoisotopic (exact) mass is 403 g/mol. The zero-order chi connectivity index (χ0) is 19.3. The summed E-state index contributed by atoms with van der Waals surface area (Å²) < 4.78 is 7.73. The first kappa shape index (κ1) is 19.7. The molecule has 0 amide bonds. The molecule has 6 nitrogen and oxygen atoms in total. The number of aromatic nitrogens is 2. The summed E-state index contributed by atoms with van der Waals surface area (Å²) in [5, 5.41) is 9.27. The van der Waals surface area contributed by atoms with Crippen molar-refractivity contribution in [3.63, 3.8) is 0 Å². The number of nitrogens with zero attached hydrogens (tertiary/aromatic N) is 4. The lowest BCUT2D eigenvalue weighted by atomic mass is 10.1. The highest BCUT2D eigenvalue weighted by Crippen LogP contribution is 2.31. The number of benzene rings is 1. The van der Waals surface area contributed by atoms with Crippen molar-refractivity contribution in [1.29, 1.82) is 0 Å². The molecule has 28 heavy (non-hydrogen) atoms. The van der Waals surface area contributed by atoms with E-state index >= 15 is 0 Å². The standard InChI is InChI=1S/C21H30ClN5O/c1-2-4-20-19(16-25-9-7-23-8-10-25)21(26-11-13-28-14-12-26)27(24-20)18-6-3-5-17(22)15-18/h3,5-6,15,23H,2,4,7-14,16H2,1H3. The van der Waals surface area contributed by atoms with E-state index in [1.54, 1.807) is 0 Å². The lowest BCUT2D eigenvalue weighted by Crippen LogP contribution is -2.43. The normalized spacial score (nSPS) is 18.6. The molecule has 4 rings (SSSR count). The van der Waals surface area contributed by atoms with Crippen LogP contribution in [-0.2, 0) is 17.7 Å². The average molecular weight is 404 g/mol. The molecule has 0 bridgehead atoms. The second-order valence-corrected chi connectivity index (χ2v) is 7.95. The summed E-state index contributed by atoms with van der Waals surface area (Å²) in [6.07, 6.45) is 2.08. The first-order valence-corrected chi connectivity index (χ1v) is 10.8. The molecule has 152 valence electrons. The smallest absolute Gasteiger partial charge is 0.137 e. The predicted octanol–water partition coefficient (Wildman–Crippen LogP) is 2.72. The Morgan fingerprint density at radius 1 is 1.14 bits per heavy atom. The minimum absolute atomic E-state index is 0.738. The topological polar surface area (TPSA) is 45.6 Å². The predicted molar refractivity (Wildman–Crippen MR) is 114 cm³/mol. The Kier molecular flexibility index (Phi) is 6.52. The van der Waals surface area contributed by atoms with Crippen LogP contribution >= 0.6 is 11.6 Å². The lowest BCUT2D eigenvalue weighted by molar-refractivity contribution is 0.122. The number of aryl methyl sites for hydroxylation is 1. The number of anilines is 1. The molecule has 2 fully saturated rings. The van der Waals surface area contributed by atoms with Gasteiger partial charge in [-0.15, -0.1) is 0 Å². The van der Waals surface area contributed by atoms with E-state index in [2.05, 4.69) is 32.8 Å². The quantitative estimate of drug-likeness (QED) is 0.803. The van der Waals surface area contributed by atoms with Crippen LogP contribution in [0.4, 0.5) is 5.82 Å². The van der Waals surface area contributed by atoms with Crippen molar-refractivity contribution < 1.29 is 4.74 Å². The Morgan fingerprint density at radius 2 is 1.93 bits per heavy atom. The number of hydrogen-bond acceptors (Lipinski definition) is 5. The second-order valence-electron chi connectivity index (χ2n) is 7.52. The Bertz CT molecular complexity index is 781. The molecule has 0 unspecified atom stereocenters. The molecular weight excluding hydrogens is 374 g/mol. The highest BCUT2D eigenvalue weighted by molar-refractivity contribution is 6.30. The molecule has 0 aliphatic carbocycles. The molecular formula is C21H30ClN5O. The van der Waals surface area contributed by atoms with E-state index in [1.165, 1.54) is 17.1 Å². The van der Waals surface area contributed by atoms with Crippen LogP contribution in [0.2, 0.25) is 5.02 Å².